The number of aromatic nitrogens is 3. The summed E-state index contributed by atoms with van der Waals surface area (Å²) < 4.78 is 13.2. The molecule has 3 heterocycles. The van der Waals surface area contributed by atoms with Crippen molar-refractivity contribution in [3.05, 3.63) is 70.1 Å². The standard InChI is InChI=1S/C25H26N4O3S/c1-17-10-11-19-18(15-23(30)32-22(19)14-17)16-33-25-27-26-24(28-12-6-3-7-13-28)29(25)20-8-4-5-9-21(20)31-2/h4-5,8-11,14-15H,3,6-7,12-13,16H2,1-2H3. The molecule has 1 aliphatic rings. The zero-order valence-electron chi connectivity index (χ0n) is 18.8. The summed E-state index contributed by atoms with van der Waals surface area (Å²) in [5, 5.41) is 10.8. The summed E-state index contributed by atoms with van der Waals surface area (Å²) >= 11 is 1.55. The summed E-state index contributed by atoms with van der Waals surface area (Å²) in [6.45, 7) is 3.90. The number of hydrogen-bond acceptors (Lipinski definition) is 7. The second-order valence-electron chi connectivity index (χ2n) is 8.22. The molecule has 0 aliphatic carbocycles. The number of rotatable bonds is 6. The molecule has 5 rings (SSSR count). The first-order chi connectivity index (χ1) is 16.1. The molecule has 0 unspecified atom stereocenters. The predicted octanol–water partition coefficient (Wildman–Crippen LogP) is 4.97. The van der Waals surface area contributed by atoms with E-state index in [1.165, 1.54) is 6.42 Å². The van der Waals surface area contributed by atoms with Gasteiger partial charge < -0.3 is 14.1 Å². The van der Waals surface area contributed by atoms with Gasteiger partial charge in [0.15, 0.2) is 5.16 Å². The molecule has 0 N–H and O–H groups in total. The molecule has 0 atom stereocenters. The molecule has 0 saturated carbocycles. The normalized spacial score (nSPS) is 14.1. The van der Waals surface area contributed by atoms with Gasteiger partial charge in [-0.2, -0.15) is 0 Å². The zero-order valence-corrected chi connectivity index (χ0v) is 19.6. The Morgan fingerprint density at radius 2 is 1.88 bits per heavy atom. The summed E-state index contributed by atoms with van der Waals surface area (Å²) in [7, 11) is 1.67. The minimum atomic E-state index is -0.344. The van der Waals surface area contributed by atoms with Crippen LogP contribution in [0.25, 0.3) is 16.7 Å². The SMILES string of the molecule is COc1ccccc1-n1c(SCc2cc(=O)oc3cc(C)ccc23)nnc1N1CCCCC1. The van der Waals surface area contributed by atoms with Gasteiger partial charge in [-0.05, 0) is 55.5 Å². The zero-order chi connectivity index (χ0) is 22.8. The van der Waals surface area contributed by atoms with Crippen molar-refractivity contribution in [3.8, 4) is 11.4 Å². The smallest absolute Gasteiger partial charge is 0.336 e. The number of hydrogen-bond donors (Lipinski definition) is 0. The fraction of sp³-hybridized carbons (Fsp3) is 0.320. The molecule has 7 nitrogen and oxygen atoms in total. The van der Waals surface area contributed by atoms with E-state index in [-0.39, 0.29) is 5.63 Å². The van der Waals surface area contributed by atoms with Gasteiger partial charge in [0.25, 0.3) is 0 Å². The highest BCUT2D eigenvalue weighted by atomic mass is 32.2. The topological polar surface area (TPSA) is 73.4 Å². The van der Waals surface area contributed by atoms with Gasteiger partial charge in [0.1, 0.15) is 11.3 Å². The van der Waals surface area contributed by atoms with E-state index in [4.69, 9.17) is 9.15 Å². The van der Waals surface area contributed by atoms with Crippen LogP contribution >= 0.6 is 11.8 Å². The third kappa shape index (κ3) is 4.35. The summed E-state index contributed by atoms with van der Waals surface area (Å²) in [5.74, 6) is 2.16. The van der Waals surface area contributed by atoms with Crippen LogP contribution in [0.15, 0.2) is 62.9 Å². The number of para-hydroxylation sites is 2. The average Bonchev–Trinajstić information content (AvgIpc) is 3.26. The molecule has 0 radical (unpaired) electrons. The van der Waals surface area contributed by atoms with Gasteiger partial charge in [0, 0.05) is 30.3 Å². The van der Waals surface area contributed by atoms with Crippen LogP contribution in [0.2, 0.25) is 0 Å². The van der Waals surface area contributed by atoms with Gasteiger partial charge in [-0.1, -0.05) is 36.0 Å². The number of methoxy groups -OCH3 is 1. The average molecular weight is 463 g/mol. The summed E-state index contributed by atoms with van der Waals surface area (Å²) in [5.41, 5.74) is 3.14. The first kappa shape index (κ1) is 21.6. The van der Waals surface area contributed by atoms with E-state index in [0.29, 0.717) is 11.3 Å². The Morgan fingerprint density at radius 1 is 1.06 bits per heavy atom. The summed E-state index contributed by atoms with van der Waals surface area (Å²) in [6, 6.07) is 15.4. The number of fused-ring (bicyclic) bond motifs is 1. The molecular weight excluding hydrogens is 436 g/mol. The maximum atomic E-state index is 12.2. The van der Waals surface area contributed by atoms with Crippen molar-refractivity contribution < 1.29 is 9.15 Å². The van der Waals surface area contributed by atoms with Crippen molar-refractivity contribution in [3.63, 3.8) is 0 Å². The Labute approximate surface area is 196 Å². The lowest BCUT2D eigenvalue weighted by Crippen LogP contribution is -2.31. The first-order valence-electron chi connectivity index (χ1n) is 11.1. The van der Waals surface area contributed by atoms with Gasteiger partial charge in [0.2, 0.25) is 5.95 Å². The van der Waals surface area contributed by atoms with E-state index < -0.39 is 0 Å². The molecule has 0 amide bonds. The fourth-order valence-corrected chi connectivity index (χ4v) is 5.21. The number of aryl methyl sites for hydroxylation is 1. The molecule has 0 spiro atoms. The van der Waals surface area contributed by atoms with E-state index in [1.54, 1.807) is 24.9 Å². The van der Waals surface area contributed by atoms with Crippen LogP contribution in [0.5, 0.6) is 5.75 Å². The Kier molecular flexibility index (Phi) is 6.09. The molecule has 1 aliphatic heterocycles. The largest absolute Gasteiger partial charge is 0.495 e. The number of piperidine rings is 1. The summed E-state index contributed by atoms with van der Waals surface area (Å²) in [4.78, 5) is 14.5. The monoisotopic (exact) mass is 462 g/mol. The Hall–Kier alpha value is -3.26. The quantitative estimate of drug-likeness (QED) is 0.296. The Bertz CT molecular complexity index is 1340. The van der Waals surface area contributed by atoms with Crippen LogP contribution in [0.1, 0.15) is 30.4 Å². The number of thioether (sulfide) groups is 1. The van der Waals surface area contributed by atoms with E-state index in [0.717, 1.165) is 65.0 Å². The minimum absolute atomic E-state index is 0.344. The molecule has 8 heteroatoms. The van der Waals surface area contributed by atoms with Crippen molar-refractivity contribution in [1.82, 2.24) is 14.8 Å². The van der Waals surface area contributed by atoms with E-state index in [9.17, 15) is 4.79 Å². The lowest BCUT2D eigenvalue weighted by atomic mass is 10.1. The van der Waals surface area contributed by atoms with Crippen LogP contribution in [0, 0.1) is 6.92 Å². The third-order valence-corrected chi connectivity index (χ3v) is 6.90. The number of ether oxygens (including phenoxy) is 1. The van der Waals surface area contributed by atoms with E-state index in [2.05, 4.69) is 19.7 Å². The van der Waals surface area contributed by atoms with Gasteiger partial charge in [-0.25, -0.2) is 4.79 Å². The summed E-state index contributed by atoms with van der Waals surface area (Å²) in [6.07, 6.45) is 3.53. The highest BCUT2D eigenvalue weighted by Gasteiger charge is 2.23. The van der Waals surface area contributed by atoms with Crippen molar-refractivity contribution >= 4 is 28.7 Å². The minimum Gasteiger partial charge on any atom is -0.495 e. The molecule has 170 valence electrons. The van der Waals surface area contributed by atoms with Crippen molar-refractivity contribution in [1.29, 1.82) is 0 Å². The highest BCUT2D eigenvalue weighted by molar-refractivity contribution is 7.98. The fourth-order valence-electron chi connectivity index (χ4n) is 4.28. The molecule has 4 aromatic rings. The van der Waals surface area contributed by atoms with E-state index >= 15 is 0 Å². The maximum absolute atomic E-state index is 12.2. The van der Waals surface area contributed by atoms with Gasteiger partial charge >= 0.3 is 5.63 Å². The molecule has 1 fully saturated rings. The van der Waals surface area contributed by atoms with Crippen molar-refractivity contribution in [2.75, 3.05) is 25.1 Å². The van der Waals surface area contributed by atoms with Crippen molar-refractivity contribution in [2.24, 2.45) is 0 Å². The molecule has 2 aromatic heterocycles. The molecule has 2 aromatic carbocycles. The Balaban J connectivity index is 1.55. The first-order valence-corrected chi connectivity index (χ1v) is 12.1. The highest BCUT2D eigenvalue weighted by Crippen LogP contribution is 2.34. The molecule has 1 saturated heterocycles. The van der Waals surface area contributed by atoms with Crippen LogP contribution < -0.4 is 15.3 Å². The number of nitrogens with zero attached hydrogens (tertiary/aromatic N) is 4. The van der Waals surface area contributed by atoms with Gasteiger partial charge in [-0.3, -0.25) is 4.57 Å². The predicted molar refractivity (Wildman–Crippen MR) is 131 cm³/mol. The lowest BCUT2D eigenvalue weighted by Gasteiger charge is -2.28. The molecule has 33 heavy (non-hydrogen) atoms. The third-order valence-electron chi connectivity index (χ3n) is 5.92. The molecular formula is C25H26N4O3S. The number of anilines is 1. The van der Waals surface area contributed by atoms with Gasteiger partial charge in [-0.15, -0.1) is 10.2 Å². The second kappa shape index (κ2) is 9.31. The molecule has 0 bridgehead atoms. The maximum Gasteiger partial charge on any atom is 0.336 e. The second-order valence-corrected chi connectivity index (χ2v) is 9.16. The van der Waals surface area contributed by atoms with Gasteiger partial charge in [0.05, 0.1) is 12.8 Å². The van der Waals surface area contributed by atoms with Crippen LogP contribution in [-0.2, 0) is 5.75 Å². The van der Waals surface area contributed by atoms with Crippen LogP contribution in [-0.4, -0.2) is 35.0 Å². The van der Waals surface area contributed by atoms with Crippen LogP contribution in [0.4, 0.5) is 5.95 Å². The number of benzene rings is 2. The van der Waals surface area contributed by atoms with Crippen molar-refractivity contribution in [2.45, 2.75) is 37.1 Å². The lowest BCUT2D eigenvalue weighted by molar-refractivity contribution is 0.412. The Morgan fingerprint density at radius 3 is 2.70 bits per heavy atom. The van der Waals surface area contributed by atoms with Crippen LogP contribution in [0.3, 0.4) is 0 Å². The van der Waals surface area contributed by atoms with E-state index in [1.807, 2.05) is 49.4 Å².